The van der Waals surface area contributed by atoms with Crippen molar-refractivity contribution in [1.82, 2.24) is 14.9 Å². The van der Waals surface area contributed by atoms with Gasteiger partial charge in [0.1, 0.15) is 0 Å². The van der Waals surface area contributed by atoms with E-state index in [0.29, 0.717) is 0 Å². The van der Waals surface area contributed by atoms with Crippen LogP contribution in [0.25, 0.3) is 0 Å². The van der Waals surface area contributed by atoms with Gasteiger partial charge < -0.3 is 10.2 Å². The Labute approximate surface area is 130 Å². The molecular weight excluding hydrogens is 286 g/mol. The predicted octanol–water partition coefficient (Wildman–Crippen LogP) is 1.56. The van der Waals surface area contributed by atoms with Gasteiger partial charge in [-0.05, 0) is 65.2 Å². The van der Waals surface area contributed by atoms with Crippen LogP contribution in [0.15, 0.2) is 0 Å². The summed E-state index contributed by atoms with van der Waals surface area (Å²) in [6, 6.07) is 0.00585. The number of likely N-dealkylation sites (tertiary alicyclic amines) is 1. The number of unbranched alkanes of at least 4 members (excludes halogenated alkanes) is 1. The van der Waals surface area contributed by atoms with E-state index in [-0.39, 0.29) is 11.8 Å². The Bertz CT molecular complexity index is 354. The van der Waals surface area contributed by atoms with Crippen molar-refractivity contribution in [3.8, 4) is 0 Å². The highest BCUT2D eigenvalue weighted by Crippen LogP contribution is 2.09. The Morgan fingerprint density at radius 2 is 1.81 bits per heavy atom. The van der Waals surface area contributed by atoms with E-state index in [1.165, 1.54) is 19.3 Å². The molecule has 1 heterocycles. The van der Waals surface area contributed by atoms with E-state index in [0.717, 1.165) is 52.0 Å². The largest absolute Gasteiger partial charge is 0.317 e. The summed E-state index contributed by atoms with van der Waals surface area (Å²) in [4.78, 5) is 2.37. The third kappa shape index (κ3) is 9.45. The molecule has 1 aliphatic heterocycles. The summed E-state index contributed by atoms with van der Waals surface area (Å²) in [7, 11) is -3.13. The summed E-state index contributed by atoms with van der Waals surface area (Å²) < 4.78 is 26.9. The number of sulfonamides is 1. The van der Waals surface area contributed by atoms with Gasteiger partial charge in [0.05, 0.1) is 5.75 Å². The minimum absolute atomic E-state index is 0.00585. The number of rotatable bonds is 11. The molecule has 0 spiro atoms. The van der Waals surface area contributed by atoms with Crippen molar-refractivity contribution in [2.24, 2.45) is 0 Å². The third-order valence-electron chi connectivity index (χ3n) is 3.80. The van der Waals surface area contributed by atoms with E-state index in [2.05, 4.69) is 21.9 Å². The molecule has 0 radical (unpaired) electrons. The van der Waals surface area contributed by atoms with Gasteiger partial charge in [-0.25, -0.2) is 13.1 Å². The van der Waals surface area contributed by atoms with Crippen LogP contribution in [0.5, 0.6) is 0 Å². The number of hydrogen-bond donors (Lipinski definition) is 2. The molecule has 0 bridgehead atoms. The SMILES string of the molecule is CCCNCCCCS(=O)(=O)NC(C)CN1CCCCC1. The fourth-order valence-electron chi connectivity index (χ4n) is 2.78. The fraction of sp³-hybridized carbons (Fsp3) is 1.00. The Balaban J connectivity index is 2.15. The lowest BCUT2D eigenvalue weighted by Crippen LogP contribution is -2.44. The molecule has 5 nitrogen and oxygen atoms in total. The minimum atomic E-state index is -3.13. The van der Waals surface area contributed by atoms with Crippen LogP contribution in [0.1, 0.15) is 52.4 Å². The lowest BCUT2D eigenvalue weighted by atomic mass is 10.1. The zero-order valence-corrected chi connectivity index (χ0v) is 14.6. The number of nitrogens with one attached hydrogen (secondary N) is 2. The van der Waals surface area contributed by atoms with Crippen LogP contribution in [0.2, 0.25) is 0 Å². The van der Waals surface area contributed by atoms with Gasteiger partial charge in [0.15, 0.2) is 0 Å². The van der Waals surface area contributed by atoms with Crippen LogP contribution in [-0.2, 0) is 10.0 Å². The van der Waals surface area contributed by atoms with Crippen LogP contribution in [-0.4, -0.2) is 57.8 Å². The molecule has 21 heavy (non-hydrogen) atoms. The maximum absolute atomic E-state index is 12.0. The van der Waals surface area contributed by atoms with E-state index in [1.807, 2.05) is 6.92 Å². The van der Waals surface area contributed by atoms with Crippen molar-refractivity contribution >= 4 is 10.0 Å². The summed E-state index contributed by atoms with van der Waals surface area (Å²) in [6.07, 6.45) is 6.55. The van der Waals surface area contributed by atoms with Crippen LogP contribution in [0.4, 0.5) is 0 Å². The molecule has 0 aromatic carbocycles. The van der Waals surface area contributed by atoms with E-state index >= 15 is 0 Å². The van der Waals surface area contributed by atoms with E-state index in [4.69, 9.17) is 0 Å². The van der Waals surface area contributed by atoms with Gasteiger partial charge >= 0.3 is 0 Å². The Morgan fingerprint density at radius 1 is 1.10 bits per heavy atom. The smallest absolute Gasteiger partial charge is 0.211 e. The molecule has 0 amide bonds. The van der Waals surface area contributed by atoms with Gasteiger partial charge in [0.2, 0.25) is 10.0 Å². The number of nitrogens with zero attached hydrogens (tertiary/aromatic N) is 1. The first-order chi connectivity index (χ1) is 10.0. The quantitative estimate of drug-likeness (QED) is 0.567. The maximum Gasteiger partial charge on any atom is 0.211 e. The van der Waals surface area contributed by atoms with E-state index in [1.54, 1.807) is 0 Å². The van der Waals surface area contributed by atoms with Crippen molar-refractivity contribution in [3.05, 3.63) is 0 Å². The molecule has 0 saturated carbocycles. The van der Waals surface area contributed by atoms with Gasteiger partial charge in [-0.1, -0.05) is 13.3 Å². The van der Waals surface area contributed by atoms with Gasteiger partial charge in [-0.3, -0.25) is 0 Å². The standard InChI is InChI=1S/C15H33N3O2S/c1-3-9-16-10-5-8-13-21(19,20)17-15(2)14-18-11-6-4-7-12-18/h15-17H,3-14H2,1-2H3. The molecule has 1 rings (SSSR count). The topological polar surface area (TPSA) is 61.4 Å². The highest BCUT2D eigenvalue weighted by atomic mass is 32.2. The molecule has 0 aromatic heterocycles. The molecule has 2 N–H and O–H groups in total. The normalized spacial score (nSPS) is 18.8. The van der Waals surface area contributed by atoms with Crippen molar-refractivity contribution in [3.63, 3.8) is 0 Å². The summed E-state index contributed by atoms with van der Waals surface area (Å²) in [6.45, 7) is 9.06. The lowest BCUT2D eigenvalue weighted by Gasteiger charge is -2.29. The van der Waals surface area contributed by atoms with Crippen molar-refractivity contribution < 1.29 is 8.42 Å². The van der Waals surface area contributed by atoms with Crippen LogP contribution >= 0.6 is 0 Å². The molecule has 1 saturated heterocycles. The van der Waals surface area contributed by atoms with Gasteiger partial charge in [0.25, 0.3) is 0 Å². The predicted molar refractivity (Wildman–Crippen MR) is 89.1 cm³/mol. The second-order valence-corrected chi connectivity index (χ2v) is 8.03. The Kier molecular flexibility index (Phi) is 9.47. The molecule has 0 aromatic rings. The van der Waals surface area contributed by atoms with E-state index in [9.17, 15) is 8.42 Å². The first-order valence-electron chi connectivity index (χ1n) is 8.46. The Morgan fingerprint density at radius 3 is 2.48 bits per heavy atom. The molecule has 0 aliphatic carbocycles. The molecular formula is C15H33N3O2S. The maximum atomic E-state index is 12.0. The zero-order valence-electron chi connectivity index (χ0n) is 13.7. The number of hydrogen-bond acceptors (Lipinski definition) is 4. The van der Waals surface area contributed by atoms with Gasteiger partial charge in [-0.15, -0.1) is 0 Å². The third-order valence-corrected chi connectivity index (χ3v) is 5.39. The van der Waals surface area contributed by atoms with Crippen molar-refractivity contribution in [2.45, 2.75) is 58.4 Å². The summed E-state index contributed by atoms with van der Waals surface area (Å²) >= 11 is 0. The molecule has 1 aliphatic rings. The monoisotopic (exact) mass is 319 g/mol. The number of piperidine rings is 1. The lowest BCUT2D eigenvalue weighted by molar-refractivity contribution is 0.215. The summed E-state index contributed by atoms with van der Waals surface area (Å²) in [5.41, 5.74) is 0. The Hall–Kier alpha value is -0.170. The first-order valence-corrected chi connectivity index (χ1v) is 10.1. The van der Waals surface area contributed by atoms with Gasteiger partial charge in [0, 0.05) is 12.6 Å². The summed E-state index contributed by atoms with van der Waals surface area (Å²) in [5, 5.41) is 3.29. The van der Waals surface area contributed by atoms with Crippen molar-refractivity contribution in [1.29, 1.82) is 0 Å². The van der Waals surface area contributed by atoms with Crippen LogP contribution < -0.4 is 10.0 Å². The first kappa shape index (κ1) is 18.9. The van der Waals surface area contributed by atoms with Crippen LogP contribution in [0.3, 0.4) is 0 Å². The second-order valence-electron chi connectivity index (χ2n) is 6.16. The van der Waals surface area contributed by atoms with Crippen molar-refractivity contribution in [2.75, 3.05) is 38.5 Å². The highest BCUT2D eigenvalue weighted by molar-refractivity contribution is 7.89. The van der Waals surface area contributed by atoms with E-state index < -0.39 is 10.0 Å². The molecule has 126 valence electrons. The molecule has 1 unspecified atom stereocenters. The fourth-order valence-corrected chi connectivity index (χ4v) is 4.17. The van der Waals surface area contributed by atoms with Gasteiger partial charge in [-0.2, -0.15) is 0 Å². The average molecular weight is 320 g/mol. The molecule has 6 heteroatoms. The minimum Gasteiger partial charge on any atom is -0.317 e. The summed E-state index contributed by atoms with van der Waals surface area (Å²) in [5.74, 6) is 0.241. The molecule has 1 fully saturated rings. The van der Waals surface area contributed by atoms with Crippen LogP contribution in [0, 0.1) is 0 Å². The molecule has 1 atom stereocenters. The zero-order chi connectivity index (χ0) is 15.6. The highest BCUT2D eigenvalue weighted by Gasteiger charge is 2.18. The average Bonchev–Trinajstić information content (AvgIpc) is 2.43. The second kappa shape index (κ2) is 10.5.